The lowest BCUT2D eigenvalue weighted by Crippen LogP contribution is -2.46. The molecule has 4 nitrogen and oxygen atoms in total. The van der Waals surface area contributed by atoms with E-state index in [9.17, 15) is 0 Å². The van der Waals surface area contributed by atoms with Gasteiger partial charge in [-0.15, -0.1) is 0 Å². The molecule has 2 heterocycles. The molecule has 0 fully saturated rings. The van der Waals surface area contributed by atoms with E-state index in [2.05, 4.69) is 41.4 Å². The Bertz CT molecular complexity index is 748. The van der Waals surface area contributed by atoms with Crippen molar-refractivity contribution >= 4 is 23.0 Å². The molecule has 4 rings (SSSR count). The Labute approximate surface area is 141 Å². The summed E-state index contributed by atoms with van der Waals surface area (Å²) in [5.74, 6) is 1.60. The zero-order valence-electron chi connectivity index (χ0n) is 12.9. The van der Waals surface area contributed by atoms with E-state index in [1.807, 2.05) is 18.2 Å². The second-order valence-corrected chi connectivity index (χ2v) is 5.98. The van der Waals surface area contributed by atoms with Crippen molar-refractivity contribution in [3.05, 3.63) is 53.6 Å². The first-order valence-electron chi connectivity index (χ1n) is 7.84. The normalized spacial score (nSPS) is 19.1. The molecular formula is C18H18N2O2S. The summed E-state index contributed by atoms with van der Waals surface area (Å²) in [6.07, 6.45) is 0. The van der Waals surface area contributed by atoms with Crippen molar-refractivity contribution in [3.63, 3.8) is 0 Å². The van der Waals surface area contributed by atoms with Gasteiger partial charge in [-0.3, -0.25) is 0 Å². The minimum absolute atomic E-state index is 0.0253. The van der Waals surface area contributed by atoms with Crippen LogP contribution in [0.15, 0.2) is 42.5 Å². The van der Waals surface area contributed by atoms with Gasteiger partial charge >= 0.3 is 0 Å². The molecule has 0 radical (unpaired) electrons. The van der Waals surface area contributed by atoms with Crippen LogP contribution in [0, 0.1) is 0 Å². The summed E-state index contributed by atoms with van der Waals surface area (Å²) in [7, 11) is 0. The van der Waals surface area contributed by atoms with E-state index in [1.165, 1.54) is 5.56 Å². The van der Waals surface area contributed by atoms with E-state index in [0.717, 1.165) is 34.4 Å². The van der Waals surface area contributed by atoms with Crippen LogP contribution >= 0.6 is 12.2 Å². The number of thiocarbonyl (C=S) groups is 1. The van der Waals surface area contributed by atoms with E-state index in [1.54, 1.807) is 0 Å². The van der Waals surface area contributed by atoms with Gasteiger partial charge in [-0.2, -0.15) is 0 Å². The fraction of sp³-hybridized carbons (Fsp3) is 0.278. The van der Waals surface area contributed by atoms with Gasteiger partial charge in [-0.05, 0) is 30.8 Å². The number of ether oxygens (including phenoxy) is 2. The van der Waals surface area contributed by atoms with E-state index in [0.29, 0.717) is 13.2 Å². The quantitative estimate of drug-likeness (QED) is 0.857. The molecule has 0 aliphatic carbocycles. The van der Waals surface area contributed by atoms with Crippen LogP contribution in [-0.4, -0.2) is 24.9 Å². The third kappa shape index (κ3) is 2.41. The molecule has 0 bridgehead atoms. The lowest BCUT2D eigenvalue weighted by Gasteiger charge is -2.38. The van der Waals surface area contributed by atoms with Crippen molar-refractivity contribution in [2.45, 2.75) is 13.0 Å². The van der Waals surface area contributed by atoms with Gasteiger partial charge in [0.05, 0.1) is 11.7 Å². The molecule has 1 atom stereocenters. The predicted molar refractivity (Wildman–Crippen MR) is 94.5 cm³/mol. The lowest BCUT2D eigenvalue weighted by atomic mass is 9.94. The summed E-state index contributed by atoms with van der Waals surface area (Å²) in [4.78, 5) is 2.10. The minimum atomic E-state index is 0.0253. The van der Waals surface area contributed by atoms with Crippen LogP contribution < -0.4 is 19.7 Å². The third-order valence-corrected chi connectivity index (χ3v) is 4.59. The Balaban J connectivity index is 1.88. The SMILES string of the molecule is CCN1C(=S)NC(c2ccccc2)c2cc3c(cc21)OCCO3. The molecule has 1 N–H and O–H groups in total. The number of nitrogens with one attached hydrogen (secondary N) is 1. The van der Waals surface area contributed by atoms with E-state index < -0.39 is 0 Å². The second-order valence-electron chi connectivity index (χ2n) is 5.59. The number of hydrogen-bond donors (Lipinski definition) is 1. The van der Waals surface area contributed by atoms with Crippen LogP contribution in [0.4, 0.5) is 5.69 Å². The summed E-state index contributed by atoms with van der Waals surface area (Å²) in [5.41, 5.74) is 3.44. The molecule has 0 saturated carbocycles. The van der Waals surface area contributed by atoms with Crippen molar-refractivity contribution in [2.75, 3.05) is 24.7 Å². The highest BCUT2D eigenvalue weighted by Crippen LogP contribution is 2.43. The molecule has 0 spiro atoms. The summed E-state index contributed by atoms with van der Waals surface area (Å²) in [5, 5.41) is 4.20. The Morgan fingerprint density at radius 3 is 2.52 bits per heavy atom. The lowest BCUT2D eigenvalue weighted by molar-refractivity contribution is 0.171. The number of anilines is 1. The van der Waals surface area contributed by atoms with Crippen molar-refractivity contribution in [1.82, 2.24) is 5.32 Å². The van der Waals surface area contributed by atoms with Crippen molar-refractivity contribution < 1.29 is 9.47 Å². The smallest absolute Gasteiger partial charge is 0.174 e. The molecule has 0 aromatic heterocycles. The Hall–Kier alpha value is -2.27. The predicted octanol–water partition coefficient (Wildman–Crippen LogP) is 3.26. The topological polar surface area (TPSA) is 33.7 Å². The van der Waals surface area contributed by atoms with Crippen molar-refractivity contribution in [1.29, 1.82) is 0 Å². The highest BCUT2D eigenvalue weighted by molar-refractivity contribution is 7.80. The van der Waals surface area contributed by atoms with Crippen LogP contribution in [0.2, 0.25) is 0 Å². The average molecular weight is 326 g/mol. The van der Waals surface area contributed by atoms with Gasteiger partial charge < -0.3 is 19.7 Å². The van der Waals surface area contributed by atoms with Gasteiger partial charge in [0.2, 0.25) is 0 Å². The number of hydrogen-bond acceptors (Lipinski definition) is 3. The standard InChI is InChI=1S/C18H18N2O2S/c1-2-20-14-11-16-15(21-8-9-22-16)10-13(14)17(19-18(20)23)12-6-4-3-5-7-12/h3-7,10-11,17H,2,8-9H2,1H3,(H,19,23). The molecule has 23 heavy (non-hydrogen) atoms. The van der Waals surface area contributed by atoms with Crippen LogP contribution in [0.3, 0.4) is 0 Å². The van der Waals surface area contributed by atoms with Gasteiger partial charge in [0.25, 0.3) is 0 Å². The fourth-order valence-electron chi connectivity index (χ4n) is 3.17. The summed E-state index contributed by atoms with van der Waals surface area (Å²) in [6.45, 7) is 4.07. The maximum atomic E-state index is 5.77. The molecular weight excluding hydrogens is 308 g/mol. The van der Waals surface area contributed by atoms with Gasteiger partial charge in [-0.1, -0.05) is 30.3 Å². The first kappa shape index (κ1) is 14.3. The second kappa shape index (κ2) is 5.74. The van der Waals surface area contributed by atoms with Gasteiger partial charge in [-0.25, -0.2) is 0 Å². The van der Waals surface area contributed by atoms with Crippen LogP contribution in [0.25, 0.3) is 0 Å². The highest BCUT2D eigenvalue weighted by atomic mass is 32.1. The molecule has 2 aliphatic rings. The van der Waals surface area contributed by atoms with Crippen molar-refractivity contribution in [3.8, 4) is 11.5 Å². The maximum absolute atomic E-state index is 5.77. The summed E-state index contributed by atoms with van der Waals surface area (Å²) in [6, 6.07) is 14.5. The van der Waals surface area contributed by atoms with Crippen molar-refractivity contribution in [2.24, 2.45) is 0 Å². The number of nitrogens with zero attached hydrogens (tertiary/aromatic N) is 1. The zero-order valence-corrected chi connectivity index (χ0v) is 13.7. The average Bonchev–Trinajstić information content (AvgIpc) is 2.60. The van der Waals surface area contributed by atoms with Crippen LogP contribution in [0.1, 0.15) is 24.1 Å². The van der Waals surface area contributed by atoms with E-state index in [-0.39, 0.29) is 6.04 Å². The largest absolute Gasteiger partial charge is 0.486 e. The third-order valence-electron chi connectivity index (χ3n) is 4.26. The van der Waals surface area contributed by atoms with Gasteiger partial charge in [0, 0.05) is 18.2 Å². The number of fused-ring (bicyclic) bond motifs is 2. The molecule has 2 aliphatic heterocycles. The summed E-state index contributed by atoms with van der Waals surface area (Å²) >= 11 is 5.58. The molecule has 118 valence electrons. The highest BCUT2D eigenvalue weighted by Gasteiger charge is 2.31. The molecule has 2 aromatic rings. The first-order chi connectivity index (χ1) is 11.3. The molecule has 0 amide bonds. The molecule has 2 aromatic carbocycles. The number of rotatable bonds is 2. The van der Waals surface area contributed by atoms with Crippen LogP contribution in [-0.2, 0) is 0 Å². The molecule has 0 saturated heterocycles. The minimum Gasteiger partial charge on any atom is -0.486 e. The first-order valence-corrected chi connectivity index (χ1v) is 8.25. The Morgan fingerprint density at radius 1 is 1.13 bits per heavy atom. The fourth-order valence-corrected chi connectivity index (χ4v) is 3.51. The van der Waals surface area contributed by atoms with Gasteiger partial charge in [0.15, 0.2) is 16.6 Å². The van der Waals surface area contributed by atoms with Gasteiger partial charge in [0.1, 0.15) is 13.2 Å². The Morgan fingerprint density at radius 2 is 1.83 bits per heavy atom. The van der Waals surface area contributed by atoms with E-state index in [4.69, 9.17) is 21.7 Å². The number of benzene rings is 2. The monoisotopic (exact) mass is 326 g/mol. The summed E-state index contributed by atoms with van der Waals surface area (Å²) < 4.78 is 11.5. The maximum Gasteiger partial charge on any atom is 0.174 e. The zero-order chi connectivity index (χ0) is 15.8. The van der Waals surface area contributed by atoms with E-state index >= 15 is 0 Å². The molecule has 1 unspecified atom stereocenters. The molecule has 5 heteroatoms. The Kier molecular flexibility index (Phi) is 3.58. The van der Waals surface area contributed by atoms with Crippen LogP contribution in [0.5, 0.6) is 11.5 Å².